The van der Waals surface area contributed by atoms with Gasteiger partial charge >= 0.3 is 6.01 Å². The monoisotopic (exact) mass is 297 g/mol. The summed E-state index contributed by atoms with van der Waals surface area (Å²) in [6.45, 7) is 0. The molecule has 0 atom stereocenters. The number of ether oxygens (including phenoxy) is 1. The standard InChI is InChI=1S/C9H8BrN5O2/c1-17-9-13-8(14-15-9)12-7(16)5-3-2-4-6(10)11-5/h2-4H,1H3,(H2,12,13,14,15,16). The van der Waals surface area contributed by atoms with Crippen LogP contribution in [0.5, 0.6) is 6.01 Å². The minimum Gasteiger partial charge on any atom is -0.466 e. The van der Waals surface area contributed by atoms with Gasteiger partial charge in [-0.15, -0.1) is 5.10 Å². The molecular formula is C9H8BrN5O2. The Morgan fingerprint density at radius 3 is 2.94 bits per heavy atom. The first-order chi connectivity index (χ1) is 8.19. The number of aromatic nitrogens is 4. The molecule has 2 aromatic rings. The van der Waals surface area contributed by atoms with Crippen LogP contribution in [0.1, 0.15) is 10.5 Å². The molecule has 2 N–H and O–H groups in total. The minimum atomic E-state index is -0.384. The molecule has 0 saturated heterocycles. The molecule has 7 nitrogen and oxygen atoms in total. The number of amides is 1. The second kappa shape index (κ2) is 4.91. The van der Waals surface area contributed by atoms with E-state index < -0.39 is 0 Å². The number of halogens is 1. The van der Waals surface area contributed by atoms with E-state index in [1.807, 2.05) is 0 Å². The number of anilines is 1. The van der Waals surface area contributed by atoms with E-state index in [2.05, 4.69) is 41.4 Å². The van der Waals surface area contributed by atoms with E-state index in [-0.39, 0.29) is 23.6 Å². The summed E-state index contributed by atoms with van der Waals surface area (Å²) in [5.74, 6) is -0.182. The molecule has 2 rings (SSSR count). The number of nitrogens with zero attached hydrogens (tertiary/aromatic N) is 3. The van der Waals surface area contributed by atoms with Crippen molar-refractivity contribution in [3.8, 4) is 6.01 Å². The number of nitrogens with one attached hydrogen (secondary N) is 2. The van der Waals surface area contributed by atoms with Crippen molar-refractivity contribution in [2.45, 2.75) is 0 Å². The highest BCUT2D eigenvalue weighted by Crippen LogP contribution is 2.09. The Bertz CT molecular complexity index is 542. The Labute approximate surface area is 105 Å². The summed E-state index contributed by atoms with van der Waals surface area (Å²) in [4.78, 5) is 19.6. The molecule has 0 spiro atoms. The third kappa shape index (κ3) is 2.78. The van der Waals surface area contributed by atoms with Crippen LogP contribution < -0.4 is 10.1 Å². The zero-order chi connectivity index (χ0) is 12.3. The van der Waals surface area contributed by atoms with Gasteiger partial charge in [-0.25, -0.2) is 10.1 Å². The average molecular weight is 298 g/mol. The van der Waals surface area contributed by atoms with Crippen molar-refractivity contribution in [1.82, 2.24) is 20.2 Å². The number of pyridine rings is 1. The maximum absolute atomic E-state index is 11.7. The molecule has 0 saturated carbocycles. The van der Waals surface area contributed by atoms with Crippen LogP contribution >= 0.6 is 15.9 Å². The molecular weight excluding hydrogens is 290 g/mol. The molecule has 88 valence electrons. The lowest BCUT2D eigenvalue weighted by Crippen LogP contribution is -2.14. The highest BCUT2D eigenvalue weighted by Gasteiger charge is 2.10. The maximum atomic E-state index is 11.7. The smallest absolute Gasteiger partial charge is 0.336 e. The largest absolute Gasteiger partial charge is 0.466 e. The number of carbonyl (C=O) groups excluding carboxylic acids is 1. The molecule has 0 fully saturated rings. The first-order valence-corrected chi connectivity index (χ1v) is 5.38. The van der Waals surface area contributed by atoms with Crippen LogP contribution in [0.15, 0.2) is 22.8 Å². The van der Waals surface area contributed by atoms with Crippen LogP contribution in [0.25, 0.3) is 0 Å². The minimum absolute atomic E-state index is 0.155. The zero-order valence-corrected chi connectivity index (χ0v) is 10.4. The number of carbonyl (C=O) groups is 1. The van der Waals surface area contributed by atoms with Gasteiger partial charge in [-0.05, 0) is 28.1 Å². The van der Waals surface area contributed by atoms with Gasteiger partial charge in [0, 0.05) is 0 Å². The number of methoxy groups -OCH3 is 1. The second-order valence-corrected chi connectivity index (χ2v) is 3.78. The number of rotatable bonds is 3. The van der Waals surface area contributed by atoms with Crippen molar-refractivity contribution >= 4 is 27.8 Å². The molecule has 8 heteroatoms. The Balaban J connectivity index is 2.11. The zero-order valence-electron chi connectivity index (χ0n) is 8.77. The molecule has 1 amide bonds. The topological polar surface area (TPSA) is 92.8 Å². The van der Waals surface area contributed by atoms with Crippen LogP contribution in [0.3, 0.4) is 0 Å². The Hall–Kier alpha value is -1.96. The lowest BCUT2D eigenvalue weighted by molar-refractivity contribution is 0.102. The number of hydrogen-bond acceptors (Lipinski definition) is 5. The molecule has 2 aromatic heterocycles. The van der Waals surface area contributed by atoms with Crippen molar-refractivity contribution in [1.29, 1.82) is 0 Å². The van der Waals surface area contributed by atoms with Crippen LogP contribution in [-0.4, -0.2) is 33.2 Å². The summed E-state index contributed by atoms with van der Waals surface area (Å²) in [6, 6.07) is 5.19. The third-order valence-electron chi connectivity index (χ3n) is 1.83. The van der Waals surface area contributed by atoms with Gasteiger partial charge in [0.15, 0.2) is 0 Å². The molecule has 0 radical (unpaired) electrons. The van der Waals surface area contributed by atoms with Crippen molar-refractivity contribution in [3.05, 3.63) is 28.5 Å². The molecule has 0 unspecified atom stereocenters. The van der Waals surface area contributed by atoms with Gasteiger partial charge in [0.25, 0.3) is 5.91 Å². The third-order valence-corrected chi connectivity index (χ3v) is 2.27. The van der Waals surface area contributed by atoms with Gasteiger partial charge in [-0.1, -0.05) is 6.07 Å². The number of H-pyrrole nitrogens is 1. The summed E-state index contributed by atoms with van der Waals surface area (Å²) in [5, 5.41) is 8.72. The second-order valence-electron chi connectivity index (χ2n) is 2.97. The predicted molar refractivity (Wildman–Crippen MR) is 62.8 cm³/mol. The van der Waals surface area contributed by atoms with Crippen molar-refractivity contribution < 1.29 is 9.53 Å². The Morgan fingerprint density at radius 1 is 1.47 bits per heavy atom. The summed E-state index contributed by atoms with van der Waals surface area (Å²) in [6.07, 6.45) is 0. The van der Waals surface area contributed by atoms with Gasteiger partial charge < -0.3 is 4.74 Å². The lowest BCUT2D eigenvalue weighted by Gasteiger charge is -2.00. The van der Waals surface area contributed by atoms with Gasteiger partial charge in [0.2, 0.25) is 5.95 Å². The number of hydrogen-bond donors (Lipinski definition) is 2. The van der Waals surface area contributed by atoms with Gasteiger partial charge in [-0.2, -0.15) is 4.98 Å². The molecule has 0 aliphatic heterocycles. The summed E-state index contributed by atoms with van der Waals surface area (Å²) >= 11 is 3.18. The average Bonchev–Trinajstić information content (AvgIpc) is 2.77. The fourth-order valence-corrected chi connectivity index (χ4v) is 1.44. The fourth-order valence-electron chi connectivity index (χ4n) is 1.10. The molecule has 0 aromatic carbocycles. The van der Waals surface area contributed by atoms with E-state index in [4.69, 9.17) is 4.74 Å². The quantitative estimate of drug-likeness (QED) is 0.831. The van der Waals surface area contributed by atoms with Gasteiger partial charge in [0.1, 0.15) is 10.3 Å². The van der Waals surface area contributed by atoms with Crippen molar-refractivity contribution in [2.75, 3.05) is 12.4 Å². The predicted octanol–water partition coefficient (Wildman–Crippen LogP) is 1.22. The molecule has 0 aliphatic rings. The van der Waals surface area contributed by atoms with Gasteiger partial charge in [0.05, 0.1) is 7.11 Å². The Morgan fingerprint density at radius 2 is 2.29 bits per heavy atom. The molecule has 2 heterocycles. The molecule has 0 bridgehead atoms. The normalized spacial score (nSPS) is 10.0. The molecule has 0 aliphatic carbocycles. The SMILES string of the molecule is COc1n[nH]c(NC(=O)c2cccc(Br)n2)n1. The van der Waals surface area contributed by atoms with E-state index in [9.17, 15) is 4.79 Å². The number of aromatic amines is 1. The Kier molecular flexibility index (Phi) is 3.33. The van der Waals surface area contributed by atoms with Crippen molar-refractivity contribution in [3.63, 3.8) is 0 Å². The van der Waals surface area contributed by atoms with E-state index in [1.54, 1.807) is 18.2 Å². The molecule has 17 heavy (non-hydrogen) atoms. The summed E-state index contributed by atoms with van der Waals surface area (Å²) in [5.41, 5.74) is 0.273. The first kappa shape index (κ1) is 11.5. The van der Waals surface area contributed by atoms with Crippen molar-refractivity contribution in [2.24, 2.45) is 0 Å². The first-order valence-electron chi connectivity index (χ1n) is 4.59. The van der Waals surface area contributed by atoms with Gasteiger partial charge in [-0.3, -0.25) is 10.1 Å². The van der Waals surface area contributed by atoms with E-state index in [1.165, 1.54) is 7.11 Å². The summed E-state index contributed by atoms with van der Waals surface area (Å²) < 4.78 is 5.36. The van der Waals surface area contributed by atoms with E-state index in [0.29, 0.717) is 4.60 Å². The van der Waals surface area contributed by atoms with Crippen LogP contribution in [0.2, 0.25) is 0 Å². The van der Waals surface area contributed by atoms with E-state index >= 15 is 0 Å². The van der Waals surface area contributed by atoms with E-state index in [0.717, 1.165) is 0 Å². The van der Waals surface area contributed by atoms with Crippen LogP contribution in [-0.2, 0) is 0 Å². The fraction of sp³-hybridized carbons (Fsp3) is 0.111. The summed E-state index contributed by atoms with van der Waals surface area (Å²) in [7, 11) is 1.44. The van der Waals surface area contributed by atoms with Crippen LogP contribution in [0, 0.1) is 0 Å². The maximum Gasteiger partial charge on any atom is 0.336 e. The van der Waals surface area contributed by atoms with Crippen LogP contribution in [0.4, 0.5) is 5.95 Å². The lowest BCUT2D eigenvalue weighted by atomic mass is 10.3. The highest BCUT2D eigenvalue weighted by molar-refractivity contribution is 9.10. The highest BCUT2D eigenvalue weighted by atomic mass is 79.9.